The van der Waals surface area contributed by atoms with E-state index < -0.39 is 0 Å². The Bertz CT molecular complexity index is 497. The Hall–Kier alpha value is -1.21. The highest BCUT2D eigenvalue weighted by Gasteiger charge is 2.24. The van der Waals surface area contributed by atoms with Crippen LogP contribution in [0.1, 0.15) is 29.4 Å². The van der Waals surface area contributed by atoms with Crippen molar-refractivity contribution < 1.29 is 5.11 Å². The van der Waals surface area contributed by atoms with Gasteiger partial charge in [0.05, 0.1) is 12.3 Å². The first kappa shape index (κ1) is 15.2. The van der Waals surface area contributed by atoms with Gasteiger partial charge in [-0.25, -0.2) is 4.98 Å². The normalized spacial score (nSPS) is 13.0. The highest BCUT2D eigenvalue weighted by molar-refractivity contribution is 7.09. The first-order valence-electron chi connectivity index (χ1n) is 6.92. The van der Waals surface area contributed by atoms with E-state index in [1.165, 1.54) is 0 Å². The Kier molecular flexibility index (Phi) is 5.72. The van der Waals surface area contributed by atoms with E-state index in [-0.39, 0.29) is 12.6 Å². The van der Waals surface area contributed by atoms with Crippen LogP contribution in [0, 0.1) is 0 Å². The molecule has 0 bridgehead atoms. The number of hydrogen-bond acceptors (Lipinski definition) is 5. The number of thiazole rings is 1. The SMILES string of the molecule is CCN(CCO)C(c1ccc[nH]1)c1nc(CCN)cs1. The third kappa shape index (κ3) is 3.46. The van der Waals surface area contributed by atoms with Crippen molar-refractivity contribution in [1.82, 2.24) is 14.9 Å². The molecule has 2 rings (SSSR count). The summed E-state index contributed by atoms with van der Waals surface area (Å²) in [6.07, 6.45) is 2.73. The van der Waals surface area contributed by atoms with Gasteiger partial charge in [0.15, 0.2) is 0 Å². The molecule has 4 N–H and O–H groups in total. The molecule has 2 heterocycles. The van der Waals surface area contributed by atoms with Crippen LogP contribution in [-0.2, 0) is 6.42 Å². The number of aromatic amines is 1. The van der Waals surface area contributed by atoms with Crippen molar-refractivity contribution in [2.45, 2.75) is 19.4 Å². The summed E-state index contributed by atoms with van der Waals surface area (Å²) >= 11 is 1.66. The number of aliphatic hydroxyl groups is 1. The molecule has 5 nitrogen and oxygen atoms in total. The van der Waals surface area contributed by atoms with Crippen LogP contribution in [0.15, 0.2) is 23.7 Å². The van der Waals surface area contributed by atoms with Gasteiger partial charge in [-0.15, -0.1) is 11.3 Å². The molecular weight excluding hydrogens is 272 g/mol. The minimum atomic E-state index is 0.0682. The average Bonchev–Trinajstić information content (AvgIpc) is 3.11. The molecule has 0 amide bonds. The molecule has 2 aromatic rings. The summed E-state index contributed by atoms with van der Waals surface area (Å²) in [5.41, 5.74) is 7.74. The molecule has 2 aromatic heterocycles. The highest BCUT2D eigenvalue weighted by atomic mass is 32.1. The fourth-order valence-corrected chi connectivity index (χ4v) is 3.31. The summed E-state index contributed by atoms with van der Waals surface area (Å²) in [4.78, 5) is 10.2. The standard InChI is InChI=1S/C14H22N4OS/c1-2-18(8-9-19)13(12-4-3-7-16-12)14-17-11(5-6-15)10-20-14/h3-4,7,10,13,16,19H,2,5-6,8-9,15H2,1H3. The maximum atomic E-state index is 9.27. The quantitative estimate of drug-likeness (QED) is 0.687. The first-order valence-corrected chi connectivity index (χ1v) is 7.80. The van der Waals surface area contributed by atoms with Crippen molar-refractivity contribution in [1.29, 1.82) is 0 Å². The molecule has 0 aliphatic heterocycles. The van der Waals surface area contributed by atoms with E-state index in [2.05, 4.69) is 28.3 Å². The lowest BCUT2D eigenvalue weighted by Crippen LogP contribution is -2.32. The van der Waals surface area contributed by atoms with E-state index in [0.717, 1.165) is 29.4 Å². The van der Waals surface area contributed by atoms with Gasteiger partial charge < -0.3 is 15.8 Å². The Morgan fingerprint density at radius 3 is 3.00 bits per heavy atom. The molecule has 0 aliphatic carbocycles. The van der Waals surface area contributed by atoms with Crippen molar-refractivity contribution in [2.75, 3.05) is 26.2 Å². The van der Waals surface area contributed by atoms with Crippen molar-refractivity contribution in [3.05, 3.63) is 40.1 Å². The number of aromatic nitrogens is 2. The van der Waals surface area contributed by atoms with Gasteiger partial charge in [0.2, 0.25) is 0 Å². The third-order valence-electron chi connectivity index (χ3n) is 3.28. The molecule has 0 aliphatic rings. The average molecular weight is 294 g/mol. The van der Waals surface area contributed by atoms with E-state index in [4.69, 9.17) is 10.7 Å². The maximum absolute atomic E-state index is 9.27. The molecule has 0 spiro atoms. The second kappa shape index (κ2) is 7.54. The zero-order chi connectivity index (χ0) is 14.4. The van der Waals surface area contributed by atoms with Gasteiger partial charge in [-0.05, 0) is 25.2 Å². The van der Waals surface area contributed by atoms with Crippen LogP contribution in [0.4, 0.5) is 0 Å². The molecule has 1 unspecified atom stereocenters. The van der Waals surface area contributed by atoms with Crippen LogP contribution in [0.25, 0.3) is 0 Å². The third-order valence-corrected chi connectivity index (χ3v) is 4.23. The Labute approximate surface area is 123 Å². The summed E-state index contributed by atoms with van der Waals surface area (Å²) in [7, 11) is 0. The number of nitrogens with one attached hydrogen (secondary N) is 1. The second-order valence-electron chi connectivity index (χ2n) is 4.60. The van der Waals surface area contributed by atoms with Crippen molar-refractivity contribution in [2.24, 2.45) is 5.73 Å². The Morgan fingerprint density at radius 1 is 1.55 bits per heavy atom. The van der Waals surface area contributed by atoms with Crippen LogP contribution in [0.2, 0.25) is 0 Å². The van der Waals surface area contributed by atoms with Gasteiger partial charge in [-0.1, -0.05) is 6.92 Å². The van der Waals surface area contributed by atoms with E-state index >= 15 is 0 Å². The number of likely N-dealkylation sites (N-methyl/N-ethyl adjacent to an activating group) is 1. The van der Waals surface area contributed by atoms with Crippen LogP contribution >= 0.6 is 11.3 Å². The van der Waals surface area contributed by atoms with E-state index in [1.54, 1.807) is 11.3 Å². The molecule has 0 radical (unpaired) electrons. The largest absolute Gasteiger partial charge is 0.395 e. The summed E-state index contributed by atoms with van der Waals surface area (Å²) in [5.74, 6) is 0. The second-order valence-corrected chi connectivity index (χ2v) is 5.49. The van der Waals surface area contributed by atoms with Crippen molar-refractivity contribution in [3.8, 4) is 0 Å². The minimum Gasteiger partial charge on any atom is -0.395 e. The lowest BCUT2D eigenvalue weighted by atomic mass is 10.2. The van der Waals surface area contributed by atoms with Gasteiger partial charge in [-0.2, -0.15) is 0 Å². The lowest BCUT2D eigenvalue weighted by Gasteiger charge is -2.28. The van der Waals surface area contributed by atoms with E-state index in [0.29, 0.717) is 13.1 Å². The molecule has 0 saturated heterocycles. The fraction of sp³-hybridized carbons (Fsp3) is 0.500. The number of rotatable bonds is 8. The number of aliphatic hydroxyl groups excluding tert-OH is 1. The molecule has 0 saturated carbocycles. The van der Waals surface area contributed by atoms with Gasteiger partial charge in [-0.3, -0.25) is 4.90 Å². The summed E-state index contributed by atoms with van der Waals surface area (Å²) in [6.45, 7) is 4.35. The Morgan fingerprint density at radius 2 is 2.40 bits per heavy atom. The molecule has 0 fully saturated rings. The number of H-pyrrole nitrogens is 1. The molecule has 110 valence electrons. The lowest BCUT2D eigenvalue weighted by molar-refractivity contribution is 0.172. The van der Waals surface area contributed by atoms with Gasteiger partial charge in [0.25, 0.3) is 0 Å². The van der Waals surface area contributed by atoms with Gasteiger partial charge in [0.1, 0.15) is 11.0 Å². The number of nitrogens with two attached hydrogens (primary N) is 1. The first-order chi connectivity index (χ1) is 9.80. The predicted molar refractivity (Wildman–Crippen MR) is 81.8 cm³/mol. The van der Waals surface area contributed by atoms with Crippen LogP contribution in [0.3, 0.4) is 0 Å². The topological polar surface area (TPSA) is 78.2 Å². The summed E-state index contributed by atoms with van der Waals surface area (Å²) < 4.78 is 0. The fourth-order valence-electron chi connectivity index (χ4n) is 2.31. The van der Waals surface area contributed by atoms with Crippen LogP contribution < -0.4 is 5.73 Å². The number of hydrogen-bond donors (Lipinski definition) is 3. The predicted octanol–water partition coefficient (Wildman–Crippen LogP) is 1.38. The zero-order valence-electron chi connectivity index (χ0n) is 11.7. The molecule has 6 heteroatoms. The van der Waals surface area contributed by atoms with Gasteiger partial charge in [0, 0.05) is 30.2 Å². The number of nitrogens with zero attached hydrogens (tertiary/aromatic N) is 2. The zero-order valence-corrected chi connectivity index (χ0v) is 12.6. The Balaban J connectivity index is 2.29. The molecule has 0 aromatic carbocycles. The summed E-state index contributed by atoms with van der Waals surface area (Å²) in [6, 6.07) is 4.12. The van der Waals surface area contributed by atoms with E-state index in [9.17, 15) is 5.11 Å². The van der Waals surface area contributed by atoms with Crippen LogP contribution in [0.5, 0.6) is 0 Å². The summed E-state index contributed by atoms with van der Waals surface area (Å²) in [5, 5.41) is 12.4. The monoisotopic (exact) mass is 294 g/mol. The molecular formula is C14H22N4OS. The van der Waals surface area contributed by atoms with Gasteiger partial charge >= 0.3 is 0 Å². The van der Waals surface area contributed by atoms with Crippen molar-refractivity contribution >= 4 is 11.3 Å². The van der Waals surface area contributed by atoms with E-state index in [1.807, 2.05) is 12.3 Å². The molecule has 1 atom stereocenters. The highest BCUT2D eigenvalue weighted by Crippen LogP contribution is 2.29. The maximum Gasteiger partial charge on any atom is 0.116 e. The van der Waals surface area contributed by atoms with Crippen LogP contribution in [-0.4, -0.2) is 46.2 Å². The minimum absolute atomic E-state index is 0.0682. The van der Waals surface area contributed by atoms with Crippen molar-refractivity contribution in [3.63, 3.8) is 0 Å². The smallest absolute Gasteiger partial charge is 0.116 e. The molecule has 20 heavy (non-hydrogen) atoms.